The first-order valence-electron chi connectivity index (χ1n) is 7.72. The fraction of sp³-hybridized carbons (Fsp3) is 0.294. The standard InChI is InChI=1S/C17H21N3O3S3/c1-11-9-15(16(21)10-25-17(24)19(3)4)12(2)20(11)13-5-7-14(8-6-13)26(18,22)23/h5-9H,10H2,1-4H3,(H2,18,22,23). The van der Waals surface area contributed by atoms with Crippen molar-refractivity contribution in [3.8, 4) is 5.69 Å². The van der Waals surface area contributed by atoms with Crippen LogP contribution in [0.15, 0.2) is 35.2 Å². The Morgan fingerprint density at radius 3 is 2.31 bits per heavy atom. The Morgan fingerprint density at radius 2 is 1.81 bits per heavy atom. The van der Waals surface area contributed by atoms with Crippen molar-refractivity contribution in [3.05, 3.63) is 47.3 Å². The molecule has 9 heteroatoms. The third kappa shape index (κ3) is 4.53. The average Bonchev–Trinajstić information content (AvgIpc) is 2.86. The number of hydrogen-bond donors (Lipinski definition) is 1. The number of thioether (sulfide) groups is 1. The fourth-order valence-corrected chi connectivity index (χ4v) is 3.92. The molecule has 0 saturated heterocycles. The SMILES string of the molecule is Cc1cc(C(=O)CSC(=S)N(C)C)c(C)n1-c1ccc(S(N)(=O)=O)cc1. The number of rotatable bonds is 5. The van der Waals surface area contributed by atoms with Crippen molar-refractivity contribution in [1.29, 1.82) is 0 Å². The molecule has 0 spiro atoms. The van der Waals surface area contributed by atoms with Crippen LogP contribution in [0.2, 0.25) is 0 Å². The largest absolute Gasteiger partial charge is 0.364 e. The van der Waals surface area contributed by atoms with Gasteiger partial charge in [0.25, 0.3) is 0 Å². The molecule has 0 fully saturated rings. The molecule has 140 valence electrons. The van der Waals surface area contributed by atoms with Gasteiger partial charge in [-0.1, -0.05) is 24.0 Å². The van der Waals surface area contributed by atoms with Crippen molar-refractivity contribution in [2.45, 2.75) is 18.7 Å². The fourth-order valence-electron chi connectivity index (χ4n) is 2.56. The molecule has 1 aromatic heterocycles. The molecule has 0 atom stereocenters. The van der Waals surface area contributed by atoms with Crippen molar-refractivity contribution in [1.82, 2.24) is 9.47 Å². The maximum absolute atomic E-state index is 12.6. The number of aromatic nitrogens is 1. The van der Waals surface area contributed by atoms with E-state index in [4.69, 9.17) is 17.4 Å². The summed E-state index contributed by atoms with van der Waals surface area (Å²) in [6.45, 7) is 3.76. The second-order valence-corrected chi connectivity index (χ2v) is 9.20. The molecule has 1 heterocycles. The number of Topliss-reactive ketones (excluding diaryl/α,β-unsaturated/α-hetero) is 1. The zero-order valence-corrected chi connectivity index (χ0v) is 17.5. The van der Waals surface area contributed by atoms with Crippen LogP contribution in [-0.4, -0.2) is 47.8 Å². The highest BCUT2D eigenvalue weighted by atomic mass is 32.2. The molecule has 0 amide bonds. The number of primary sulfonamides is 1. The molecule has 0 radical (unpaired) electrons. The summed E-state index contributed by atoms with van der Waals surface area (Å²) in [5.41, 5.74) is 3.08. The molecule has 0 bridgehead atoms. The minimum atomic E-state index is -3.74. The summed E-state index contributed by atoms with van der Waals surface area (Å²) in [7, 11) is -0.0469. The predicted octanol–water partition coefficient (Wildman–Crippen LogP) is 2.50. The lowest BCUT2D eigenvalue weighted by Crippen LogP contribution is -2.18. The minimum absolute atomic E-state index is 0.000272. The Balaban J connectivity index is 2.30. The zero-order chi connectivity index (χ0) is 19.6. The molecule has 0 aliphatic rings. The topological polar surface area (TPSA) is 85.4 Å². The van der Waals surface area contributed by atoms with Gasteiger partial charge in [0.15, 0.2) is 5.78 Å². The molecule has 0 aliphatic heterocycles. The van der Waals surface area contributed by atoms with Crippen LogP contribution in [0.1, 0.15) is 21.7 Å². The van der Waals surface area contributed by atoms with Crippen LogP contribution in [0.3, 0.4) is 0 Å². The van der Waals surface area contributed by atoms with E-state index in [1.54, 1.807) is 17.0 Å². The van der Waals surface area contributed by atoms with Gasteiger partial charge < -0.3 is 9.47 Å². The number of carbonyl (C=O) groups is 1. The Morgan fingerprint density at radius 1 is 1.23 bits per heavy atom. The summed E-state index contributed by atoms with van der Waals surface area (Å²) in [5, 5.41) is 5.13. The van der Waals surface area contributed by atoms with Gasteiger partial charge in [-0.05, 0) is 44.2 Å². The van der Waals surface area contributed by atoms with E-state index < -0.39 is 10.0 Å². The first-order valence-corrected chi connectivity index (χ1v) is 10.7. The molecular weight excluding hydrogens is 390 g/mol. The lowest BCUT2D eigenvalue weighted by atomic mass is 10.2. The van der Waals surface area contributed by atoms with Gasteiger partial charge >= 0.3 is 0 Å². The highest BCUT2D eigenvalue weighted by Crippen LogP contribution is 2.23. The van der Waals surface area contributed by atoms with Gasteiger partial charge in [0.2, 0.25) is 10.0 Å². The van der Waals surface area contributed by atoms with Gasteiger partial charge in [-0.25, -0.2) is 13.6 Å². The van der Waals surface area contributed by atoms with E-state index in [0.717, 1.165) is 17.1 Å². The Bertz CT molecular complexity index is 946. The van der Waals surface area contributed by atoms with Crippen LogP contribution in [0.4, 0.5) is 0 Å². The molecule has 0 aliphatic carbocycles. The van der Waals surface area contributed by atoms with Crippen molar-refractivity contribution in [2.75, 3.05) is 19.8 Å². The Kier molecular flexibility index (Phi) is 6.28. The number of sulfonamides is 1. The molecule has 1 aromatic carbocycles. The van der Waals surface area contributed by atoms with Crippen LogP contribution in [0.5, 0.6) is 0 Å². The zero-order valence-electron chi connectivity index (χ0n) is 15.0. The molecule has 2 aromatic rings. The summed E-state index contributed by atoms with van der Waals surface area (Å²) >= 11 is 6.53. The summed E-state index contributed by atoms with van der Waals surface area (Å²) in [5.74, 6) is 0.269. The van der Waals surface area contributed by atoms with Gasteiger partial charge in [-0.3, -0.25) is 4.79 Å². The number of thiocarbonyl (C=S) groups is 1. The van der Waals surface area contributed by atoms with E-state index in [1.165, 1.54) is 23.9 Å². The Hall–Kier alpha value is -1.68. The molecular formula is C17H21N3O3S3. The lowest BCUT2D eigenvalue weighted by molar-refractivity contribution is 0.102. The van der Waals surface area contributed by atoms with E-state index in [2.05, 4.69) is 0 Å². The minimum Gasteiger partial charge on any atom is -0.364 e. The second kappa shape index (κ2) is 7.91. The number of carbonyl (C=O) groups excluding carboxylic acids is 1. The second-order valence-electron chi connectivity index (χ2n) is 6.03. The number of hydrogen-bond acceptors (Lipinski definition) is 5. The van der Waals surface area contributed by atoms with Gasteiger partial charge in [0.1, 0.15) is 4.32 Å². The van der Waals surface area contributed by atoms with E-state index in [1.807, 2.05) is 38.6 Å². The normalized spacial score (nSPS) is 11.4. The maximum atomic E-state index is 12.6. The number of aryl methyl sites for hydroxylation is 1. The summed E-state index contributed by atoms with van der Waals surface area (Å²) in [6, 6.07) is 8.09. The van der Waals surface area contributed by atoms with Crippen molar-refractivity contribution < 1.29 is 13.2 Å². The summed E-state index contributed by atoms with van der Waals surface area (Å²) in [4.78, 5) is 14.4. The number of ketones is 1. The molecule has 0 unspecified atom stereocenters. The smallest absolute Gasteiger partial charge is 0.238 e. The molecule has 6 nitrogen and oxygen atoms in total. The van der Waals surface area contributed by atoms with E-state index in [-0.39, 0.29) is 16.4 Å². The van der Waals surface area contributed by atoms with E-state index >= 15 is 0 Å². The van der Waals surface area contributed by atoms with Gasteiger partial charge in [-0.2, -0.15) is 0 Å². The average molecular weight is 412 g/mol. The van der Waals surface area contributed by atoms with E-state index in [9.17, 15) is 13.2 Å². The van der Waals surface area contributed by atoms with Gasteiger partial charge in [0.05, 0.1) is 10.6 Å². The monoisotopic (exact) mass is 411 g/mol. The molecule has 2 N–H and O–H groups in total. The Labute approximate surface area is 163 Å². The molecule has 0 saturated carbocycles. The van der Waals surface area contributed by atoms with E-state index in [0.29, 0.717) is 9.88 Å². The maximum Gasteiger partial charge on any atom is 0.238 e. The van der Waals surface area contributed by atoms with Crippen LogP contribution < -0.4 is 5.14 Å². The lowest BCUT2D eigenvalue weighted by Gasteiger charge is -2.12. The van der Waals surface area contributed by atoms with Crippen molar-refractivity contribution in [2.24, 2.45) is 5.14 Å². The number of nitrogens with zero attached hydrogens (tertiary/aromatic N) is 2. The van der Waals surface area contributed by atoms with Crippen LogP contribution >= 0.6 is 24.0 Å². The first kappa shape index (κ1) is 20.6. The van der Waals surface area contributed by atoms with Gasteiger partial charge in [-0.15, -0.1) is 0 Å². The highest BCUT2D eigenvalue weighted by Gasteiger charge is 2.18. The number of benzene rings is 1. The number of nitrogens with two attached hydrogens (primary N) is 1. The predicted molar refractivity (Wildman–Crippen MR) is 110 cm³/mol. The quantitative estimate of drug-likeness (QED) is 0.601. The van der Waals surface area contributed by atoms with Crippen molar-refractivity contribution in [3.63, 3.8) is 0 Å². The highest BCUT2D eigenvalue weighted by molar-refractivity contribution is 8.23. The molecule has 2 rings (SSSR count). The van der Waals surface area contributed by atoms with Crippen molar-refractivity contribution >= 4 is 44.1 Å². The van der Waals surface area contributed by atoms with Crippen LogP contribution in [-0.2, 0) is 10.0 Å². The molecule has 26 heavy (non-hydrogen) atoms. The third-order valence-electron chi connectivity index (χ3n) is 3.85. The third-order valence-corrected chi connectivity index (χ3v) is 6.51. The summed E-state index contributed by atoms with van der Waals surface area (Å²) < 4.78 is 25.4. The summed E-state index contributed by atoms with van der Waals surface area (Å²) in [6.07, 6.45) is 0. The van der Waals surface area contributed by atoms with Crippen LogP contribution in [0.25, 0.3) is 5.69 Å². The first-order chi connectivity index (χ1) is 12.0. The van der Waals surface area contributed by atoms with Crippen LogP contribution in [0, 0.1) is 13.8 Å². The van der Waals surface area contributed by atoms with Gasteiger partial charge in [0, 0.05) is 36.7 Å².